The van der Waals surface area contributed by atoms with E-state index in [-0.39, 0.29) is 6.10 Å². The topological polar surface area (TPSA) is 56.1 Å². The third-order valence-electron chi connectivity index (χ3n) is 3.99. The molecule has 0 bridgehead atoms. The smallest absolute Gasteiger partial charge is 0.164 e. The summed E-state index contributed by atoms with van der Waals surface area (Å²) < 4.78 is 7.70. The molecule has 124 valence electrons. The van der Waals surface area contributed by atoms with Gasteiger partial charge in [0, 0.05) is 24.2 Å². The summed E-state index contributed by atoms with van der Waals surface area (Å²) in [5, 5.41) is 7.71. The van der Waals surface area contributed by atoms with Crippen LogP contribution in [0.5, 0.6) is 0 Å². The summed E-state index contributed by atoms with van der Waals surface area (Å²) in [5.41, 5.74) is 2.08. The second-order valence-electron chi connectivity index (χ2n) is 5.86. The van der Waals surface area contributed by atoms with Gasteiger partial charge in [0.1, 0.15) is 17.4 Å². The Bertz CT molecular complexity index is 800. The van der Waals surface area contributed by atoms with Crippen LogP contribution in [-0.4, -0.2) is 44.3 Å². The van der Waals surface area contributed by atoms with Crippen LogP contribution in [0, 0.1) is 6.92 Å². The Hall–Kier alpha value is -2.09. The van der Waals surface area contributed by atoms with Gasteiger partial charge in [-0.25, -0.2) is 14.6 Å². The lowest BCUT2D eigenvalue weighted by atomic mass is 10.3. The van der Waals surface area contributed by atoms with Gasteiger partial charge in [-0.2, -0.15) is 0 Å². The van der Waals surface area contributed by atoms with Crippen LogP contribution in [0.3, 0.4) is 0 Å². The van der Waals surface area contributed by atoms with Crippen LogP contribution in [0.4, 0.5) is 0 Å². The Morgan fingerprint density at radius 1 is 1.29 bits per heavy atom. The number of hydrogen-bond donors (Lipinski definition) is 0. The molecule has 4 rings (SSSR count). The molecule has 0 N–H and O–H groups in total. The first-order valence-electron chi connectivity index (χ1n) is 8.00. The maximum atomic E-state index is 5.88. The number of para-hydroxylation sites is 1. The zero-order chi connectivity index (χ0) is 16.4. The number of aryl methyl sites for hydroxylation is 1. The van der Waals surface area contributed by atoms with Crippen molar-refractivity contribution in [1.29, 1.82) is 0 Å². The maximum absolute atomic E-state index is 5.88. The van der Waals surface area contributed by atoms with E-state index in [2.05, 4.69) is 25.3 Å². The molecule has 2 aromatic heterocycles. The Balaban J connectivity index is 1.43. The van der Waals surface area contributed by atoms with E-state index in [1.165, 1.54) is 0 Å². The minimum Gasteiger partial charge on any atom is -0.368 e. The van der Waals surface area contributed by atoms with Crippen molar-refractivity contribution in [3.05, 3.63) is 58.6 Å². The van der Waals surface area contributed by atoms with Gasteiger partial charge in [0.15, 0.2) is 5.82 Å². The standard InChI is InChI=1S/C17H19N5OS/c1-13-11-24-17(19-13)15-9-21(7-8-23-15)10-16-18-12-22(20-16)14-5-3-2-4-6-14/h2-6,11-12,15H,7-10H2,1H3/t15-/m1/s1. The van der Waals surface area contributed by atoms with Gasteiger partial charge in [0.2, 0.25) is 0 Å². The van der Waals surface area contributed by atoms with Crippen molar-refractivity contribution in [2.45, 2.75) is 19.6 Å². The molecule has 0 aliphatic carbocycles. The molecule has 0 spiro atoms. The van der Waals surface area contributed by atoms with Crippen molar-refractivity contribution in [3.8, 4) is 5.69 Å². The Labute approximate surface area is 144 Å². The summed E-state index contributed by atoms with van der Waals surface area (Å²) >= 11 is 1.67. The molecule has 3 aromatic rings. The van der Waals surface area contributed by atoms with E-state index in [1.807, 2.05) is 41.9 Å². The summed E-state index contributed by atoms with van der Waals surface area (Å²) in [5.74, 6) is 0.829. The van der Waals surface area contributed by atoms with Crippen molar-refractivity contribution < 1.29 is 4.74 Å². The van der Waals surface area contributed by atoms with Gasteiger partial charge in [-0.05, 0) is 19.1 Å². The zero-order valence-corrected chi connectivity index (χ0v) is 14.3. The van der Waals surface area contributed by atoms with E-state index in [9.17, 15) is 0 Å². The molecule has 1 aliphatic rings. The Morgan fingerprint density at radius 3 is 2.96 bits per heavy atom. The average Bonchev–Trinajstić information content (AvgIpc) is 3.25. The summed E-state index contributed by atoms with van der Waals surface area (Å²) in [7, 11) is 0. The lowest BCUT2D eigenvalue weighted by molar-refractivity contribution is -0.0337. The molecule has 1 saturated heterocycles. The molecule has 1 fully saturated rings. The molecule has 1 atom stereocenters. The molecule has 3 heterocycles. The molecule has 1 aromatic carbocycles. The normalized spacial score (nSPS) is 18.8. The predicted octanol–water partition coefficient (Wildman–Crippen LogP) is 2.61. The van der Waals surface area contributed by atoms with Crippen LogP contribution in [0.1, 0.15) is 22.6 Å². The monoisotopic (exact) mass is 341 g/mol. The lowest BCUT2D eigenvalue weighted by Gasteiger charge is -2.31. The molecule has 0 unspecified atom stereocenters. The first-order chi connectivity index (χ1) is 11.8. The molecular weight excluding hydrogens is 322 g/mol. The molecule has 1 aliphatic heterocycles. The van der Waals surface area contributed by atoms with Gasteiger partial charge >= 0.3 is 0 Å². The van der Waals surface area contributed by atoms with Crippen LogP contribution in [0.15, 0.2) is 42.0 Å². The second kappa shape index (κ2) is 6.80. The number of rotatable bonds is 4. The fourth-order valence-corrected chi connectivity index (χ4v) is 3.63. The van der Waals surface area contributed by atoms with Crippen LogP contribution in [0.25, 0.3) is 5.69 Å². The van der Waals surface area contributed by atoms with E-state index < -0.39 is 0 Å². The van der Waals surface area contributed by atoms with Gasteiger partial charge in [-0.3, -0.25) is 4.90 Å². The van der Waals surface area contributed by atoms with Gasteiger partial charge in [0.25, 0.3) is 0 Å². The fraction of sp³-hybridized carbons (Fsp3) is 0.353. The van der Waals surface area contributed by atoms with Crippen molar-refractivity contribution >= 4 is 11.3 Å². The first-order valence-corrected chi connectivity index (χ1v) is 8.88. The van der Waals surface area contributed by atoms with E-state index in [0.29, 0.717) is 6.61 Å². The SMILES string of the molecule is Cc1csc([C@H]2CN(Cc3ncn(-c4ccccc4)n3)CCO2)n1. The molecule has 24 heavy (non-hydrogen) atoms. The van der Waals surface area contributed by atoms with Crippen LogP contribution < -0.4 is 0 Å². The van der Waals surface area contributed by atoms with Crippen molar-refractivity contribution in [3.63, 3.8) is 0 Å². The highest BCUT2D eigenvalue weighted by atomic mass is 32.1. The zero-order valence-electron chi connectivity index (χ0n) is 13.5. The van der Waals surface area contributed by atoms with Crippen molar-refractivity contribution in [2.75, 3.05) is 19.7 Å². The second-order valence-corrected chi connectivity index (χ2v) is 6.75. The van der Waals surface area contributed by atoms with E-state index in [4.69, 9.17) is 4.74 Å². The van der Waals surface area contributed by atoms with E-state index in [0.717, 1.165) is 41.8 Å². The molecule has 7 heteroatoms. The van der Waals surface area contributed by atoms with Gasteiger partial charge in [0.05, 0.1) is 18.8 Å². The largest absolute Gasteiger partial charge is 0.368 e. The predicted molar refractivity (Wildman–Crippen MR) is 92.2 cm³/mol. The molecule has 0 amide bonds. The van der Waals surface area contributed by atoms with Crippen LogP contribution in [-0.2, 0) is 11.3 Å². The highest BCUT2D eigenvalue weighted by Gasteiger charge is 2.25. The fourth-order valence-electron chi connectivity index (χ4n) is 2.79. The highest BCUT2D eigenvalue weighted by Crippen LogP contribution is 2.25. The van der Waals surface area contributed by atoms with Gasteiger partial charge in [-0.15, -0.1) is 16.4 Å². The first kappa shape index (κ1) is 15.4. The van der Waals surface area contributed by atoms with Gasteiger partial charge in [-0.1, -0.05) is 18.2 Å². The Kier molecular flexibility index (Phi) is 4.38. The lowest BCUT2D eigenvalue weighted by Crippen LogP contribution is -2.38. The summed E-state index contributed by atoms with van der Waals surface area (Å²) in [6.07, 6.45) is 1.82. The van der Waals surface area contributed by atoms with Crippen molar-refractivity contribution in [2.24, 2.45) is 0 Å². The summed E-state index contributed by atoms with van der Waals surface area (Å²) in [6, 6.07) is 10.0. The third-order valence-corrected chi connectivity index (χ3v) is 5.04. The summed E-state index contributed by atoms with van der Waals surface area (Å²) in [6.45, 7) is 5.17. The molecule has 0 saturated carbocycles. The Morgan fingerprint density at radius 2 is 2.17 bits per heavy atom. The van der Waals surface area contributed by atoms with E-state index in [1.54, 1.807) is 17.7 Å². The quantitative estimate of drug-likeness (QED) is 0.730. The number of ether oxygens (including phenoxy) is 1. The number of benzene rings is 1. The number of thiazole rings is 1. The van der Waals surface area contributed by atoms with E-state index >= 15 is 0 Å². The minimum atomic E-state index is 0.0497. The maximum Gasteiger partial charge on any atom is 0.164 e. The van der Waals surface area contributed by atoms with Crippen LogP contribution in [0.2, 0.25) is 0 Å². The molecular formula is C17H19N5OS. The average molecular weight is 341 g/mol. The van der Waals surface area contributed by atoms with Crippen molar-refractivity contribution in [1.82, 2.24) is 24.6 Å². The highest BCUT2D eigenvalue weighted by molar-refractivity contribution is 7.09. The number of hydrogen-bond acceptors (Lipinski definition) is 6. The molecule has 6 nitrogen and oxygen atoms in total. The summed E-state index contributed by atoms with van der Waals surface area (Å²) in [4.78, 5) is 11.3. The molecule has 0 radical (unpaired) electrons. The number of morpholine rings is 1. The number of nitrogens with zero attached hydrogens (tertiary/aromatic N) is 5. The third kappa shape index (κ3) is 3.38. The van der Waals surface area contributed by atoms with Crippen LogP contribution >= 0.6 is 11.3 Å². The minimum absolute atomic E-state index is 0.0497. The number of aromatic nitrogens is 4. The van der Waals surface area contributed by atoms with Gasteiger partial charge < -0.3 is 4.74 Å².